The Bertz CT molecular complexity index is 774. The Morgan fingerprint density at radius 2 is 1.78 bits per heavy atom. The monoisotopic (exact) mass is 312 g/mol. The number of carbonyl (C=O) groups is 1. The van der Waals surface area contributed by atoms with Crippen LogP contribution in [0.4, 0.5) is 5.82 Å². The quantitative estimate of drug-likeness (QED) is 0.879. The molecule has 1 aliphatic rings. The molecule has 2 aromatic rings. The van der Waals surface area contributed by atoms with Gasteiger partial charge in [-0.2, -0.15) is 0 Å². The van der Waals surface area contributed by atoms with Crippen molar-refractivity contribution in [3.63, 3.8) is 0 Å². The van der Waals surface area contributed by atoms with Crippen molar-refractivity contribution in [2.45, 2.75) is 0 Å². The minimum atomic E-state index is -0.188. The van der Waals surface area contributed by atoms with Gasteiger partial charge in [0.1, 0.15) is 5.82 Å². The Balaban J connectivity index is 2.11. The van der Waals surface area contributed by atoms with Crippen LogP contribution in [0.15, 0.2) is 30.5 Å². The fourth-order valence-corrected chi connectivity index (χ4v) is 2.51. The van der Waals surface area contributed by atoms with E-state index in [2.05, 4.69) is 10.3 Å². The molecular weight excluding hydrogens is 296 g/mol. The minimum absolute atomic E-state index is 0.188. The fourth-order valence-electron chi connectivity index (χ4n) is 2.51. The van der Waals surface area contributed by atoms with Gasteiger partial charge < -0.3 is 19.5 Å². The van der Waals surface area contributed by atoms with Gasteiger partial charge in [0.15, 0.2) is 11.5 Å². The van der Waals surface area contributed by atoms with Gasteiger partial charge >= 0.3 is 0 Å². The van der Waals surface area contributed by atoms with Crippen molar-refractivity contribution in [3.8, 4) is 17.2 Å². The van der Waals surface area contributed by atoms with Crippen LogP contribution in [0.2, 0.25) is 0 Å². The third kappa shape index (κ3) is 2.59. The molecule has 6 heteroatoms. The number of carbonyl (C=O) groups excluding carboxylic acids is 1. The van der Waals surface area contributed by atoms with Gasteiger partial charge in [-0.25, -0.2) is 4.98 Å². The zero-order valence-corrected chi connectivity index (χ0v) is 13.0. The van der Waals surface area contributed by atoms with Crippen LogP contribution in [0.5, 0.6) is 17.2 Å². The molecule has 0 fully saturated rings. The van der Waals surface area contributed by atoms with E-state index in [1.165, 1.54) is 0 Å². The molecule has 118 valence electrons. The molecule has 0 aliphatic carbocycles. The number of benzene rings is 1. The standard InChI is InChI=1S/C17H16N2O4/c1-21-13-8-10(9-14(22-2)15(13)23-3)7-12-11-5-4-6-18-16(11)19-17(12)20/h4-9H,1-3H3,(H,18,19,20). The van der Waals surface area contributed by atoms with Gasteiger partial charge in [0, 0.05) is 11.8 Å². The lowest BCUT2D eigenvalue weighted by Gasteiger charge is -2.13. The first kappa shape index (κ1) is 14.9. The van der Waals surface area contributed by atoms with Crippen molar-refractivity contribution >= 4 is 23.4 Å². The lowest BCUT2D eigenvalue weighted by molar-refractivity contribution is -0.110. The van der Waals surface area contributed by atoms with E-state index >= 15 is 0 Å². The Hall–Kier alpha value is -3.02. The van der Waals surface area contributed by atoms with Crippen molar-refractivity contribution in [2.24, 2.45) is 0 Å². The van der Waals surface area contributed by atoms with Crippen molar-refractivity contribution in [3.05, 3.63) is 41.6 Å². The number of anilines is 1. The second-order valence-electron chi connectivity index (χ2n) is 4.87. The number of aromatic nitrogens is 1. The molecule has 1 amide bonds. The Morgan fingerprint density at radius 3 is 2.39 bits per heavy atom. The highest BCUT2D eigenvalue weighted by Gasteiger charge is 2.25. The zero-order valence-electron chi connectivity index (χ0n) is 13.0. The Labute approximate surface area is 133 Å². The molecule has 6 nitrogen and oxygen atoms in total. The van der Waals surface area contributed by atoms with E-state index in [0.717, 1.165) is 11.1 Å². The molecule has 3 rings (SSSR count). The molecule has 0 radical (unpaired) electrons. The maximum absolute atomic E-state index is 12.2. The summed E-state index contributed by atoms with van der Waals surface area (Å²) in [5.74, 6) is 1.95. The van der Waals surface area contributed by atoms with Crippen LogP contribution in [-0.4, -0.2) is 32.2 Å². The number of methoxy groups -OCH3 is 3. The number of hydrogen-bond donors (Lipinski definition) is 1. The molecule has 23 heavy (non-hydrogen) atoms. The number of amides is 1. The molecule has 1 N–H and O–H groups in total. The molecule has 0 spiro atoms. The summed E-state index contributed by atoms with van der Waals surface area (Å²) >= 11 is 0. The van der Waals surface area contributed by atoms with E-state index < -0.39 is 0 Å². The summed E-state index contributed by atoms with van der Waals surface area (Å²) in [6.45, 7) is 0. The third-order valence-corrected chi connectivity index (χ3v) is 3.57. The smallest absolute Gasteiger partial charge is 0.257 e. The molecule has 1 aromatic carbocycles. The van der Waals surface area contributed by atoms with Gasteiger partial charge in [0.05, 0.1) is 26.9 Å². The Morgan fingerprint density at radius 1 is 1.09 bits per heavy atom. The topological polar surface area (TPSA) is 69.7 Å². The number of pyridine rings is 1. The first-order valence-corrected chi connectivity index (χ1v) is 6.96. The summed E-state index contributed by atoms with van der Waals surface area (Å²) in [4.78, 5) is 16.3. The molecule has 2 heterocycles. The van der Waals surface area contributed by atoms with E-state index in [0.29, 0.717) is 28.6 Å². The van der Waals surface area contributed by atoms with E-state index in [1.807, 2.05) is 6.07 Å². The summed E-state index contributed by atoms with van der Waals surface area (Å²) in [6.07, 6.45) is 3.41. The lowest BCUT2D eigenvalue weighted by Crippen LogP contribution is -2.04. The highest BCUT2D eigenvalue weighted by Crippen LogP contribution is 2.40. The van der Waals surface area contributed by atoms with Crippen molar-refractivity contribution in [2.75, 3.05) is 26.6 Å². The average molecular weight is 312 g/mol. The van der Waals surface area contributed by atoms with Crippen molar-refractivity contribution < 1.29 is 19.0 Å². The zero-order chi connectivity index (χ0) is 16.4. The first-order chi connectivity index (χ1) is 11.2. The van der Waals surface area contributed by atoms with E-state index in [1.54, 1.807) is 51.8 Å². The second-order valence-corrected chi connectivity index (χ2v) is 4.87. The van der Waals surface area contributed by atoms with Gasteiger partial charge in [0.25, 0.3) is 5.91 Å². The summed E-state index contributed by atoms with van der Waals surface area (Å²) < 4.78 is 16.0. The molecule has 0 unspecified atom stereocenters. The van der Waals surface area contributed by atoms with Gasteiger partial charge in [0.2, 0.25) is 5.75 Å². The van der Waals surface area contributed by atoms with Gasteiger partial charge in [-0.1, -0.05) is 0 Å². The highest BCUT2D eigenvalue weighted by atomic mass is 16.5. The molecule has 0 saturated carbocycles. The van der Waals surface area contributed by atoms with E-state index in [9.17, 15) is 4.79 Å². The number of rotatable bonds is 4. The van der Waals surface area contributed by atoms with Crippen molar-refractivity contribution in [1.29, 1.82) is 0 Å². The minimum Gasteiger partial charge on any atom is -0.493 e. The number of nitrogens with one attached hydrogen (secondary N) is 1. The summed E-state index contributed by atoms with van der Waals surface area (Å²) in [7, 11) is 4.65. The SMILES string of the molecule is COc1cc(C=C2C(=O)Nc3ncccc32)cc(OC)c1OC. The molecule has 1 aromatic heterocycles. The Kier molecular flexibility index (Phi) is 3.89. The van der Waals surface area contributed by atoms with Crippen LogP contribution in [0.25, 0.3) is 11.6 Å². The third-order valence-electron chi connectivity index (χ3n) is 3.57. The van der Waals surface area contributed by atoms with E-state index in [-0.39, 0.29) is 5.91 Å². The number of ether oxygens (including phenoxy) is 3. The molecular formula is C17H16N2O4. The highest BCUT2D eigenvalue weighted by molar-refractivity contribution is 6.34. The summed E-state index contributed by atoms with van der Waals surface area (Å²) in [6, 6.07) is 7.22. The van der Waals surface area contributed by atoms with Crippen LogP contribution < -0.4 is 19.5 Å². The predicted molar refractivity (Wildman–Crippen MR) is 86.8 cm³/mol. The normalized spacial score (nSPS) is 14.4. The van der Waals surface area contributed by atoms with Crippen LogP contribution in [0, 0.1) is 0 Å². The van der Waals surface area contributed by atoms with Crippen LogP contribution in [0.1, 0.15) is 11.1 Å². The second kappa shape index (κ2) is 6.00. The van der Waals surface area contributed by atoms with Crippen LogP contribution in [0.3, 0.4) is 0 Å². The van der Waals surface area contributed by atoms with Crippen LogP contribution >= 0.6 is 0 Å². The van der Waals surface area contributed by atoms with Crippen molar-refractivity contribution in [1.82, 2.24) is 4.98 Å². The maximum atomic E-state index is 12.2. The summed E-state index contributed by atoms with van der Waals surface area (Å²) in [5.41, 5.74) is 2.08. The van der Waals surface area contributed by atoms with Gasteiger partial charge in [-0.15, -0.1) is 0 Å². The largest absolute Gasteiger partial charge is 0.493 e. The number of nitrogens with zero attached hydrogens (tertiary/aromatic N) is 1. The van der Waals surface area contributed by atoms with Gasteiger partial charge in [-0.05, 0) is 35.9 Å². The van der Waals surface area contributed by atoms with Crippen LogP contribution in [-0.2, 0) is 4.79 Å². The molecule has 0 bridgehead atoms. The molecule has 1 aliphatic heterocycles. The van der Waals surface area contributed by atoms with Gasteiger partial charge in [-0.3, -0.25) is 4.79 Å². The maximum Gasteiger partial charge on any atom is 0.257 e. The van der Waals surface area contributed by atoms with E-state index in [4.69, 9.17) is 14.2 Å². The predicted octanol–water partition coefficient (Wildman–Crippen LogP) is 2.60. The molecule has 0 atom stereocenters. The first-order valence-electron chi connectivity index (χ1n) is 6.96. The average Bonchev–Trinajstić information content (AvgIpc) is 2.89. The number of fused-ring (bicyclic) bond motifs is 1. The fraction of sp³-hybridized carbons (Fsp3) is 0.176. The molecule has 0 saturated heterocycles. The summed E-state index contributed by atoms with van der Waals surface area (Å²) in [5, 5.41) is 2.74. The number of hydrogen-bond acceptors (Lipinski definition) is 5. The lowest BCUT2D eigenvalue weighted by atomic mass is 10.0.